The molecule has 1 heterocycles. The Kier molecular flexibility index (Phi) is 2.71. The van der Waals surface area contributed by atoms with Crippen LogP contribution in [0.5, 0.6) is 0 Å². The molecule has 0 aliphatic heterocycles. The third-order valence-electron chi connectivity index (χ3n) is 1.38. The number of hydroxylamine groups is 1. The maximum absolute atomic E-state index is 8.61. The number of aryl methyl sites for hydroxylation is 1. The van der Waals surface area contributed by atoms with E-state index in [4.69, 9.17) is 5.21 Å². The molecule has 64 valence electrons. The fourth-order valence-electron chi connectivity index (χ4n) is 0.759. The van der Waals surface area contributed by atoms with Crippen LogP contribution >= 0.6 is 0 Å². The lowest BCUT2D eigenvalue weighted by atomic mass is 10.3. The molecule has 1 aromatic heterocycles. The highest BCUT2D eigenvalue weighted by molar-refractivity contribution is 5.97. The Labute approximate surface area is 70.2 Å². The molecule has 2 N–H and O–H groups in total. The van der Waals surface area contributed by atoms with E-state index in [1.807, 2.05) is 5.48 Å². The van der Waals surface area contributed by atoms with Gasteiger partial charge in [-0.3, -0.25) is 15.7 Å². The number of amidine groups is 1. The van der Waals surface area contributed by atoms with Gasteiger partial charge < -0.3 is 0 Å². The number of nitrogens with one attached hydrogen (secondary N) is 1. The van der Waals surface area contributed by atoms with Gasteiger partial charge in [0, 0.05) is 19.4 Å². The summed E-state index contributed by atoms with van der Waals surface area (Å²) in [5.74, 6) is 1.04. The van der Waals surface area contributed by atoms with Crippen LogP contribution in [0.4, 0.5) is 0 Å². The average Bonchev–Trinajstić information content (AvgIpc) is 2.10. The second-order valence-corrected chi connectivity index (χ2v) is 2.20. The van der Waals surface area contributed by atoms with Crippen LogP contribution in [0, 0.1) is 6.92 Å². The Morgan fingerprint density at radius 3 is 2.50 bits per heavy atom. The first-order valence-electron chi connectivity index (χ1n) is 3.44. The molecule has 1 aromatic rings. The van der Waals surface area contributed by atoms with Gasteiger partial charge in [-0.05, 0) is 6.92 Å². The standard InChI is InChI=1S/C7H10N4O/c1-5-9-3-6(4-10-5)7(8-2)11-12/h3-4,12H,1-2H3,(H,8,11). The summed E-state index contributed by atoms with van der Waals surface area (Å²) in [5.41, 5.74) is 2.62. The maximum Gasteiger partial charge on any atom is 0.155 e. The Morgan fingerprint density at radius 1 is 1.50 bits per heavy atom. The van der Waals surface area contributed by atoms with Gasteiger partial charge in [0.05, 0.1) is 5.56 Å². The lowest BCUT2D eigenvalue weighted by molar-refractivity contribution is 0.235. The molecule has 0 aromatic carbocycles. The molecule has 0 unspecified atom stereocenters. The molecule has 0 aliphatic rings. The molecule has 0 fully saturated rings. The van der Waals surface area contributed by atoms with Crippen molar-refractivity contribution in [1.82, 2.24) is 15.4 Å². The fraction of sp³-hybridized carbons (Fsp3) is 0.286. The van der Waals surface area contributed by atoms with E-state index in [0.717, 1.165) is 0 Å². The Balaban J connectivity index is 2.96. The van der Waals surface area contributed by atoms with E-state index in [1.165, 1.54) is 0 Å². The van der Waals surface area contributed by atoms with Crippen LogP contribution in [0.3, 0.4) is 0 Å². The van der Waals surface area contributed by atoms with E-state index in [2.05, 4.69) is 15.0 Å². The molecule has 0 aliphatic carbocycles. The molecule has 0 spiro atoms. The van der Waals surface area contributed by atoms with Crippen molar-refractivity contribution in [2.45, 2.75) is 6.92 Å². The summed E-state index contributed by atoms with van der Waals surface area (Å²) in [4.78, 5) is 11.7. The second-order valence-electron chi connectivity index (χ2n) is 2.20. The smallest absolute Gasteiger partial charge is 0.155 e. The first kappa shape index (κ1) is 8.61. The first-order chi connectivity index (χ1) is 5.77. The van der Waals surface area contributed by atoms with Crippen molar-refractivity contribution >= 4 is 5.84 Å². The average molecular weight is 166 g/mol. The predicted octanol–water partition coefficient (Wildman–Crippen LogP) is 0.140. The molecule has 0 saturated carbocycles. The maximum atomic E-state index is 8.61. The zero-order valence-electron chi connectivity index (χ0n) is 6.94. The van der Waals surface area contributed by atoms with E-state index in [0.29, 0.717) is 17.2 Å². The van der Waals surface area contributed by atoms with Gasteiger partial charge in [0.15, 0.2) is 5.84 Å². The number of aliphatic imine (C=N–C) groups is 1. The molecule has 5 heteroatoms. The van der Waals surface area contributed by atoms with Crippen LogP contribution < -0.4 is 5.48 Å². The summed E-state index contributed by atoms with van der Waals surface area (Å²) in [5, 5.41) is 8.61. The largest absolute Gasteiger partial charge is 0.290 e. The molecule has 0 amide bonds. The van der Waals surface area contributed by atoms with E-state index in [1.54, 1.807) is 26.4 Å². The van der Waals surface area contributed by atoms with Crippen LogP contribution in [0.1, 0.15) is 11.4 Å². The summed E-state index contributed by atoms with van der Waals surface area (Å²) in [7, 11) is 1.57. The summed E-state index contributed by atoms with van der Waals surface area (Å²) >= 11 is 0. The van der Waals surface area contributed by atoms with Crippen molar-refractivity contribution < 1.29 is 5.21 Å². The van der Waals surface area contributed by atoms with Crippen molar-refractivity contribution in [3.8, 4) is 0 Å². The topological polar surface area (TPSA) is 70.4 Å². The van der Waals surface area contributed by atoms with Gasteiger partial charge in [0.25, 0.3) is 0 Å². The number of rotatable bonds is 1. The SMILES string of the molecule is CN=C(NO)c1cnc(C)nc1. The molecule has 5 nitrogen and oxygen atoms in total. The van der Waals surface area contributed by atoms with Gasteiger partial charge in [0.1, 0.15) is 5.82 Å². The molecule has 0 bridgehead atoms. The van der Waals surface area contributed by atoms with E-state index < -0.39 is 0 Å². The minimum absolute atomic E-state index is 0.356. The zero-order chi connectivity index (χ0) is 8.97. The number of aromatic nitrogens is 2. The van der Waals surface area contributed by atoms with Gasteiger partial charge in [-0.2, -0.15) is 0 Å². The lowest BCUT2D eigenvalue weighted by Gasteiger charge is -2.01. The van der Waals surface area contributed by atoms with Crippen molar-refractivity contribution in [2.75, 3.05) is 7.05 Å². The van der Waals surface area contributed by atoms with E-state index in [-0.39, 0.29) is 0 Å². The third-order valence-corrected chi connectivity index (χ3v) is 1.38. The molecule has 12 heavy (non-hydrogen) atoms. The molecule has 0 atom stereocenters. The lowest BCUT2D eigenvalue weighted by Crippen LogP contribution is -2.20. The van der Waals surface area contributed by atoms with Crippen molar-refractivity contribution in [3.63, 3.8) is 0 Å². The monoisotopic (exact) mass is 166 g/mol. The van der Waals surface area contributed by atoms with Gasteiger partial charge >= 0.3 is 0 Å². The minimum Gasteiger partial charge on any atom is -0.290 e. The Hall–Kier alpha value is -1.49. The molecule has 0 saturated heterocycles. The molecule has 1 rings (SSSR count). The molecular formula is C7H10N4O. The first-order valence-corrected chi connectivity index (χ1v) is 3.44. The summed E-state index contributed by atoms with van der Waals surface area (Å²) in [6.07, 6.45) is 3.18. The van der Waals surface area contributed by atoms with Crippen LogP contribution in [-0.4, -0.2) is 28.1 Å². The predicted molar refractivity (Wildman–Crippen MR) is 44.2 cm³/mol. The number of hydrogen-bond acceptors (Lipinski definition) is 4. The highest BCUT2D eigenvalue weighted by Gasteiger charge is 2.00. The summed E-state index contributed by atoms with van der Waals surface area (Å²) < 4.78 is 0. The van der Waals surface area contributed by atoms with Gasteiger partial charge in [0.2, 0.25) is 0 Å². The van der Waals surface area contributed by atoms with Crippen molar-refractivity contribution in [2.24, 2.45) is 4.99 Å². The zero-order valence-corrected chi connectivity index (χ0v) is 6.94. The highest BCUT2D eigenvalue weighted by Crippen LogP contribution is 1.95. The van der Waals surface area contributed by atoms with Crippen LogP contribution in [-0.2, 0) is 0 Å². The van der Waals surface area contributed by atoms with Crippen LogP contribution in [0.15, 0.2) is 17.4 Å². The quantitative estimate of drug-likeness (QED) is 0.353. The van der Waals surface area contributed by atoms with Gasteiger partial charge in [-0.15, -0.1) is 0 Å². The van der Waals surface area contributed by atoms with Gasteiger partial charge in [-0.1, -0.05) is 0 Å². The highest BCUT2D eigenvalue weighted by atomic mass is 16.5. The van der Waals surface area contributed by atoms with Crippen LogP contribution in [0.2, 0.25) is 0 Å². The van der Waals surface area contributed by atoms with E-state index >= 15 is 0 Å². The van der Waals surface area contributed by atoms with Gasteiger partial charge in [-0.25, -0.2) is 9.97 Å². The molecular weight excluding hydrogens is 156 g/mol. The Bertz CT molecular complexity index is 280. The summed E-state index contributed by atoms with van der Waals surface area (Å²) in [6.45, 7) is 1.79. The van der Waals surface area contributed by atoms with Crippen LogP contribution in [0.25, 0.3) is 0 Å². The second kappa shape index (κ2) is 3.77. The Morgan fingerprint density at radius 2 is 2.08 bits per heavy atom. The minimum atomic E-state index is 0.356. The van der Waals surface area contributed by atoms with E-state index in [9.17, 15) is 0 Å². The normalized spacial score (nSPS) is 11.4. The van der Waals surface area contributed by atoms with Crippen molar-refractivity contribution in [3.05, 3.63) is 23.8 Å². The molecule has 0 radical (unpaired) electrons. The number of hydrogen-bond donors (Lipinski definition) is 2. The van der Waals surface area contributed by atoms with Crippen molar-refractivity contribution in [1.29, 1.82) is 0 Å². The fourth-order valence-corrected chi connectivity index (χ4v) is 0.759. The summed E-state index contributed by atoms with van der Waals surface area (Å²) in [6, 6.07) is 0. The third kappa shape index (κ3) is 1.76. The number of nitrogens with zero attached hydrogens (tertiary/aromatic N) is 3.